The number of aliphatic carboxylic acids is 2. The minimum Gasteiger partial charge on any atom is -0.494 e. The number of ether oxygens (including phenoxy) is 2. The number of aryl methyl sites for hydroxylation is 1. The van der Waals surface area contributed by atoms with Gasteiger partial charge in [-0.1, -0.05) is 25.0 Å². The van der Waals surface area contributed by atoms with Crippen LogP contribution < -0.4 is 9.47 Å². The quantitative estimate of drug-likeness (QED) is 0.180. The van der Waals surface area contributed by atoms with Crippen LogP contribution in [0, 0.1) is 0 Å². The lowest BCUT2D eigenvalue weighted by Crippen LogP contribution is -2.21. The smallest absolute Gasteiger partial charge is 0.303 e. The molecule has 0 atom stereocenters. The Balaban J connectivity index is 1.52. The average Bonchev–Trinajstić information content (AvgIpc) is 2.97. The van der Waals surface area contributed by atoms with Gasteiger partial charge >= 0.3 is 11.9 Å². The molecule has 1 heterocycles. The number of carboxylic acids is 2. The van der Waals surface area contributed by atoms with E-state index in [1.807, 2.05) is 42.5 Å². The summed E-state index contributed by atoms with van der Waals surface area (Å²) in [6.07, 6.45) is 8.75. The molecule has 0 unspecified atom stereocenters. The number of amides is 1. The first-order valence-electron chi connectivity index (χ1n) is 14.3. The molecule has 9 nitrogen and oxygen atoms in total. The van der Waals surface area contributed by atoms with Crippen LogP contribution in [0.4, 0.5) is 0 Å². The van der Waals surface area contributed by atoms with E-state index in [1.165, 1.54) is 0 Å². The van der Waals surface area contributed by atoms with E-state index in [0.717, 1.165) is 54.4 Å². The van der Waals surface area contributed by atoms with Crippen molar-refractivity contribution in [3.05, 3.63) is 77.6 Å². The van der Waals surface area contributed by atoms with Crippen LogP contribution in [0.5, 0.6) is 11.5 Å². The Morgan fingerprint density at radius 1 is 0.762 bits per heavy atom. The summed E-state index contributed by atoms with van der Waals surface area (Å²) in [7, 11) is 3.45. The number of hydrogen-bond donors (Lipinski definition) is 2. The van der Waals surface area contributed by atoms with E-state index in [4.69, 9.17) is 14.6 Å². The van der Waals surface area contributed by atoms with Crippen molar-refractivity contribution in [2.45, 2.75) is 57.8 Å². The van der Waals surface area contributed by atoms with Crippen molar-refractivity contribution in [3.63, 3.8) is 0 Å². The van der Waals surface area contributed by atoms with E-state index < -0.39 is 11.9 Å². The molecule has 3 rings (SSSR count). The van der Waals surface area contributed by atoms with Gasteiger partial charge in [0, 0.05) is 44.9 Å². The first-order valence-corrected chi connectivity index (χ1v) is 14.3. The maximum absolute atomic E-state index is 12.7. The number of carboxylic acid groups (broad SMARTS) is 2. The highest BCUT2D eigenvalue weighted by atomic mass is 16.5. The molecule has 0 fully saturated rings. The number of nitrogens with zero attached hydrogens (tertiary/aromatic N) is 2. The molecule has 0 aliphatic rings. The first-order chi connectivity index (χ1) is 20.2. The summed E-state index contributed by atoms with van der Waals surface area (Å²) in [6, 6.07) is 15.1. The van der Waals surface area contributed by atoms with E-state index in [1.54, 1.807) is 37.5 Å². The largest absolute Gasteiger partial charge is 0.494 e. The SMILES string of the molecule is CN(C)C(=O)c1cc(OCCCCCCc2cccc(OCCCC(=O)O)c2CCC(=O)O)cc(-c2ccncc2)c1. The molecule has 0 bridgehead atoms. The first kappa shape index (κ1) is 32.1. The predicted octanol–water partition coefficient (Wildman–Crippen LogP) is 5.89. The Morgan fingerprint density at radius 2 is 1.48 bits per heavy atom. The molecule has 0 spiro atoms. The third-order valence-corrected chi connectivity index (χ3v) is 6.79. The minimum atomic E-state index is -0.869. The van der Waals surface area contributed by atoms with Crippen LogP contribution in [0.2, 0.25) is 0 Å². The molecule has 0 radical (unpaired) electrons. The fourth-order valence-electron chi connectivity index (χ4n) is 4.64. The summed E-state index contributed by atoms with van der Waals surface area (Å²) in [5.74, 6) is -0.544. The Kier molecular flexibility index (Phi) is 12.8. The van der Waals surface area contributed by atoms with Gasteiger partial charge in [0.2, 0.25) is 0 Å². The lowest BCUT2D eigenvalue weighted by atomic mass is 9.97. The van der Waals surface area contributed by atoms with E-state index in [-0.39, 0.29) is 25.4 Å². The molecule has 42 heavy (non-hydrogen) atoms. The molecule has 0 aliphatic heterocycles. The summed E-state index contributed by atoms with van der Waals surface area (Å²) >= 11 is 0. The topological polar surface area (TPSA) is 126 Å². The van der Waals surface area contributed by atoms with Gasteiger partial charge in [0.05, 0.1) is 13.2 Å². The van der Waals surface area contributed by atoms with Gasteiger partial charge in [-0.2, -0.15) is 0 Å². The molecular formula is C33H40N2O7. The highest BCUT2D eigenvalue weighted by molar-refractivity contribution is 5.95. The second-order valence-corrected chi connectivity index (χ2v) is 10.3. The van der Waals surface area contributed by atoms with Crippen molar-refractivity contribution in [3.8, 4) is 22.6 Å². The van der Waals surface area contributed by atoms with Crippen LogP contribution >= 0.6 is 0 Å². The number of aromatic nitrogens is 1. The number of pyridine rings is 1. The Hall–Kier alpha value is -4.40. The lowest BCUT2D eigenvalue weighted by molar-refractivity contribution is -0.138. The van der Waals surface area contributed by atoms with Crippen molar-refractivity contribution in [2.24, 2.45) is 0 Å². The molecule has 2 N–H and O–H groups in total. The third-order valence-electron chi connectivity index (χ3n) is 6.79. The summed E-state index contributed by atoms with van der Waals surface area (Å²) < 4.78 is 11.9. The van der Waals surface area contributed by atoms with Crippen LogP contribution in [0.25, 0.3) is 11.1 Å². The molecule has 2 aromatic carbocycles. The van der Waals surface area contributed by atoms with E-state index in [2.05, 4.69) is 4.98 Å². The highest BCUT2D eigenvalue weighted by Crippen LogP contribution is 2.28. The molecule has 0 aliphatic carbocycles. The second-order valence-electron chi connectivity index (χ2n) is 10.3. The zero-order chi connectivity index (χ0) is 30.3. The Morgan fingerprint density at radius 3 is 2.19 bits per heavy atom. The maximum Gasteiger partial charge on any atom is 0.303 e. The van der Waals surface area contributed by atoms with Crippen LogP contribution in [-0.2, 0) is 22.4 Å². The fraction of sp³-hybridized carbons (Fsp3) is 0.394. The van der Waals surface area contributed by atoms with Gasteiger partial charge < -0.3 is 24.6 Å². The van der Waals surface area contributed by atoms with Crippen molar-refractivity contribution >= 4 is 17.8 Å². The van der Waals surface area contributed by atoms with Gasteiger partial charge in [-0.3, -0.25) is 19.4 Å². The molecule has 224 valence electrons. The summed E-state index contributed by atoms with van der Waals surface area (Å²) in [6.45, 7) is 0.797. The van der Waals surface area contributed by atoms with E-state index in [0.29, 0.717) is 36.5 Å². The van der Waals surface area contributed by atoms with Gasteiger partial charge in [-0.05, 0) is 90.8 Å². The Labute approximate surface area is 247 Å². The van der Waals surface area contributed by atoms with Crippen molar-refractivity contribution < 1.29 is 34.1 Å². The van der Waals surface area contributed by atoms with Gasteiger partial charge in [-0.25, -0.2) is 0 Å². The van der Waals surface area contributed by atoms with Gasteiger partial charge in [-0.15, -0.1) is 0 Å². The predicted molar refractivity (Wildman–Crippen MR) is 160 cm³/mol. The normalized spacial score (nSPS) is 10.7. The summed E-state index contributed by atoms with van der Waals surface area (Å²) in [5, 5.41) is 18.1. The van der Waals surface area contributed by atoms with Crippen molar-refractivity contribution in [1.29, 1.82) is 0 Å². The number of benzene rings is 2. The number of rotatable bonds is 18. The standard InChI is InChI=1S/C33H40N2O7/c1-35(2)33(40)27-21-26(24-15-17-34-18-16-24)22-28(23-27)41-19-6-4-3-5-9-25-10-7-11-30(29(25)13-14-32(38)39)42-20-8-12-31(36)37/h7,10-11,15-18,21-23H,3-6,8-9,12-14,19-20H2,1-2H3,(H,36,37)(H,38,39). The molecule has 0 saturated carbocycles. The molecule has 3 aromatic rings. The highest BCUT2D eigenvalue weighted by Gasteiger charge is 2.14. The molecule has 1 amide bonds. The van der Waals surface area contributed by atoms with Gasteiger partial charge in [0.1, 0.15) is 11.5 Å². The number of hydrogen-bond acceptors (Lipinski definition) is 6. The van der Waals surface area contributed by atoms with Crippen LogP contribution in [0.15, 0.2) is 60.9 Å². The number of carbonyl (C=O) groups excluding carboxylic acids is 1. The number of carbonyl (C=O) groups is 3. The third kappa shape index (κ3) is 10.5. The van der Waals surface area contributed by atoms with Gasteiger partial charge in [0.15, 0.2) is 0 Å². The second kappa shape index (κ2) is 16.8. The van der Waals surface area contributed by atoms with Crippen LogP contribution in [0.3, 0.4) is 0 Å². The maximum atomic E-state index is 12.7. The van der Waals surface area contributed by atoms with Gasteiger partial charge in [0.25, 0.3) is 5.91 Å². The van der Waals surface area contributed by atoms with E-state index >= 15 is 0 Å². The molecule has 1 aromatic heterocycles. The molecule has 0 saturated heterocycles. The molecule has 9 heteroatoms. The monoisotopic (exact) mass is 576 g/mol. The van der Waals surface area contributed by atoms with Crippen molar-refractivity contribution in [2.75, 3.05) is 27.3 Å². The van der Waals surface area contributed by atoms with E-state index in [9.17, 15) is 19.5 Å². The minimum absolute atomic E-state index is 0.00402. The Bertz CT molecular complexity index is 1330. The zero-order valence-corrected chi connectivity index (χ0v) is 24.4. The zero-order valence-electron chi connectivity index (χ0n) is 24.4. The van der Waals surface area contributed by atoms with Crippen molar-refractivity contribution in [1.82, 2.24) is 9.88 Å². The fourth-order valence-corrected chi connectivity index (χ4v) is 4.64. The summed E-state index contributed by atoms with van der Waals surface area (Å²) in [4.78, 5) is 40.3. The lowest BCUT2D eigenvalue weighted by Gasteiger charge is -2.15. The number of unbranched alkanes of at least 4 members (excludes halogenated alkanes) is 3. The summed E-state index contributed by atoms with van der Waals surface area (Å²) in [5.41, 5.74) is 4.37. The average molecular weight is 577 g/mol. The molecular weight excluding hydrogens is 536 g/mol. The van der Waals surface area contributed by atoms with Crippen LogP contribution in [0.1, 0.15) is 66.4 Å². The van der Waals surface area contributed by atoms with Crippen LogP contribution in [-0.4, -0.2) is 65.3 Å².